The summed E-state index contributed by atoms with van der Waals surface area (Å²) in [5, 5.41) is 15.2. The zero-order valence-electron chi connectivity index (χ0n) is 15.1. The van der Waals surface area contributed by atoms with Gasteiger partial charge in [-0.1, -0.05) is 23.7 Å². The third kappa shape index (κ3) is 5.88. The van der Waals surface area contributed by atoms with E-state index in [1.54, 1.807) is 48.5 Å². The van der Waals surface area contributed by atoms with Crippen molar-refractivity contribution in [3.05, 3.63) is 105 Å². The lowest BCUT2D eigenvalue weighted by Gasteiger charge is -2.07. The van der Waals surface area contributed by atoms with Gasteiger partial charge in [-0.05, 0) is 59.7 Å². The summed E-state index contributed by atoms with van der Waals surface area (Å²) < 4.78 is 5.68. The summed E-state index contributed by atoms with van der Waals surface area (Å²) in [6, 6.07) is 19.8. The van der Waals surface area contributed by atoms with Crippen LogP contribution in [0.3, 0.4) is 0 Å². The van der Waals surface area contributed by atoms with Gasteiger partial charge in [-0.3, -0.25) is 14.9 Å². The van der Waals surface area contributed by atoms with Gasteiger partial charge in [-0.2, -0.15) is 5.10 Å². The van der Waals surface area contributed by atoms with Crippen LogP contribution < -0.4 is 10.2 Å². The molecule has 0 aromatic heterocycles. The molecule has 0 bridgehead atoms. The Morgan fingerprint density at radius 1 is 1.03 bits per heavy atom. The van der Waals surface area contributed by atoms with Crippen molar-refractivity contribution in [2.45, 2.75) is 6.61 Å². The third-order valence-corrected chi connectivity index (χ3v) is 4.17. The van der Waals surface area contributed by atoms with Gasteiger partial charge in [0.15, 0.2) is 0 Å². The quantitative estimate of drug-likeness (QED) is 0.351. The number of benzene rings is 3. The summed E-state index contributed by atoms with van der Waals surface area (Å²) in [7, 11) is 0. The Balaban J connectivity index is 1.51. The number of nitro benzene ring substituents is 1. The number of halogens is 1. The fraction of sp³-hybridized carbons (Fsp3) is 0.0476. The largest absolute Gasteiger partial charge is 0.489 e. The molecule has 1 amide bonds. The van der Waals surface area contributed by atoms with Gasteiger partial charge >= 0.3 is 0 Å². The zero-order chi connectivity index (χ0) is 20.6. The van der Waals surface area contributed by atoms with Crippen LogP contribution >= 0.6 is 11.6 Å². The van der Waals surface area contributed by atoms with Crippen molar-refractivity contribution in [3.63, 3.8) is 0 Å². The molecule has 3 rings (SSSR count). The number of non-ortho nitro benzene ring substituents is 1. The number of hydrogen-bond donors (Lipinski definition) is 1. The fourth-order valence-corrected chi connectivity index (χ4v) is 2.49. The number of hydrogen-bond acceptors (Lipinski definition) is 5. The Labute approximate surface area is 171 Å². The molecule has 0 saturated heterocycles. The summed E-state index contributed by atoms with van der Waals surface area (Å²) in [5.41, 5.74) is 4.43. The zero-order valence-corrected chi connectivity index (χ0v) is 15.9. The Kier molecular flexibility index (Phi) is 6.55. The molecule has 3 aromatic carbocycles. The number of nitro groups is 1. The lowest BCUT2D eigenvalue weighted by atomic mass is 10.2. The normalized spacial score (nSPS) is 10.7. The Morgan fingerprint density at radius 3 is 2.31 bits per heavy atom. The summed E-state index contributed by atoms with van der Waals surface area (Å²) in [6.45, 7) is 0.391. The average Bonchev–Trinajstić information content (AvgIpc) is 2.74. The molecule has 3 aromatic rings. The summed E-state index contributed by atoms with van der Waals surface area (Å²) in [6.07, 6.45) is 1.41. The maximum Gasteiger partial charge on any atom is 0.271 e. The molecule has 0 radical (unpaired) electrons. The van der Waals surface area contributed by atoms with Crippen molar-refractivity contribution in [3.8, 4) is 5.75 Å². The van der Waals surface area contributed by atoms with Crippen LogP contribution in [0.15, 0.2) is 77.9 Å². The lowest BCUT2D eigenvalue weighted by Crippen LogP contribution is -2.17. The molecule has 0 atom stereocenters. The van der Waals surface area contributed by atoms with Crippen LogP contribution in [0.2, 0.25) is 5.02 Å². The number of nitrogens with one attached hydrogen (secondary N) is 1. The second-order valence-electron chi connectivity index (χ2n) is 5.99. The van der Waals surface area contributed by atoms with E-state index < -0.39 is 4.92 Å². The molecule has 0 heterocycles. The van der Waals surface area contributed by atoms with Crippen LogP contribution in [-0.2, 0) is 6.61 Å². The number of ether oxygens (including phenoxy) is 1. The van der Waals surface area contributed by atoms with Gasteiger partial charge in [0.05, 0.1) is 11.1 Å². The van der Waals surface area contributed by atoms with Crippen molar-refractivity contribution >= 4 is 29.4 Å². The van der Waals surface area contributed by atoms with Gasteiger partial charge in [0.1, 0.15) is 12.4 Å². The minimum Gasteiger partial charge on any atom is -0.489 e. The van der Waals surface area contributed by atoms with E-state index in [0.29, 0.717) is 28.5 Å². The molecule has 1 N–H and O–H groups in total. The maximum absolute atomic E-state index is 12.1. The van der Waals surface area contributed by atoms with Crippen LogP contribution in [0, 0.1) is 10.1 Å². The molecule has 29 heavy (non-hydrogen) atoms. The van der Waals surface area contributed by atoms with E-state index in [4.69, 9.17) is 16.3 Å². The van der Waals surface area contributed by atoms with E-state index in [1.807, 2.05) is 12.1 Å². The number of carbonyl (C=O) groups is 1. The van der Waals surface area contributed by atoms with E-state index in [-0.39, 0.29) is 11.6 Å². The molecule has 0 aliphatic heterocycles. The highest BCUT2D eigenvalue weighted by Crippen LogP contribution is 2.16. The lowest BCUT2D eigenvalue weighted by molar-refractivity contribution is -0.384. The molecule has 0 unspecified atom stereocenters. The van der Waals surface area contributed by atoms with Gasteiger partial charge in [0.2, 0.25) is 0 Å². The van der Waals surface area contributed by atoms with Crippen molar-refractivity contribution in [2.24, 2.45) is 5.10 Å². The molecular formula is C21H16ClN3O4. The first kappa shape index (κ1) is 20.0. The number of amides is 1. The minimum absolute atomic E-state index is 0.00967. The third-order valence-electron chi connectivity index (χ3n) is 3.92. The molecule has 0 fully saturated rings. The molecule has 0 aliphatic carbocycles. The van der Waals surface area contributed by atoms with Crippen molar-refractivity contribution in [1.82, 2.24) is 5.43 Å². The van der Waals surface area contributed by atoms with Crippen molar-refractivity contribution in [1.29, 1.82) is 0 Å². The van der Waals surface area contributed by atoms with Crippen molar-refractivity contribution < 1.29 is 14.5 Å². The number of hydrazone groups is 1. The number of nitrogens with zero attached hydrogens (tertiary/aromatic N) is 2. The number of rotatable bonds is 7. The van der Waals surface area contributed by atoms with Crippen LogP contribution in [0.5, 0.6) is 5.75 Å². The summed E-state index contributed by atoms with van der Waals surface area (Å²) >= 11 is 5.85. The predicted molar refractivity (Wildman–Crippen MR) is 110 cm³/mol. The standard InChI is InChI=1S/C21H16ClN3O4/c22-18-7-1-16(2-8-18)14-29-20-11-5-17(6-12-20)21(26)24-23-13-15-3-9-19(10-4-15)25(27)28/h1-13H,14H2,(H,24,26). The minimum atomic E-state index is -0.481. The van der Waals surface area contributed by atoms with Gasteiger partial charge in [-0.25, -0.2) is 5.43 Å². The fourth-order valence-electron chi connectivity index (χ4n) is 2.36. The summed E-state index contributed by atoms with van der Waals surface area (Å²) in [5.74, 6) is 0.248. The predicted octanol–water partition coefficient (Wildman–Crippen LogP) is 4.59. The van der Waals surface area contributed by atoms with E-state index in [2.05, 4.69) is 10.5 Å². The van der Waals surface area contributed by atoms with Crippen molar-refractivity contribution in [2.75, 3.05) is 0 Å². The molecule has 8 heteroatoms. The van der Waals surface area contributed by atoms with E-state index >= 15 is 0 Å². The number of carbonyl (C=O) groups excluding carboxylic acids is 1. The Bertz CT molecular complexity index is 1020. The van der Waals surface area contributed by atoms with E-state index in [9.17, 15) is 14.9 Å². The van der Waals surface area contributed by atoms with Gasteiger partial charge in [0.25, 0.3) is 11.6 Å². The summed E-state index contributed by atoms with van der Waals surface area (Å²) in [4.78, 5) is 22.3. The van der Waals surface area contributed by atoms with Crippen LogP contribution in [0.4, 0.5) is 5.69 Å². The smallest absolute Gasteiger partial charge is 0.271 e. The molecule has 146 valence electrons. The van der Waals surface area contributed by atoms with E-state index in [0.717, 1.165) is 5.56 Å². The highest BCUT2D eigenvalue weighted by Gasteiger charge is 2.05. The molecule has 7 nitrogen and oxygen atoms in total. The van der Waals surface area contributed by atoms with Gasteiger partial charge in [-0.15, -0.1) is 0 Å². The molecule has 0 spiro atoms. The Hall–Kier alpha value is -3.71. The van der Waals surface area contributed by atoms with Crippen LogP contribution in [-0.4, -0.2) is 17.0 Å². The average molecular weight is 410 g/mol. The van der Waals surface area contributed by atoms with Crippen LogP contribution in [0.1, 0.15) is 21.5 Å². The Morgan fingerprint density at radius 2 is 1.69 bits per heavy atom. The van der Waals surface area contributed by atoms with Gasteiger partial charge < -0.3 is 4.74 Å². The highest BCUT2D eigenvalue weighted by atomic mass is 35.5. The highest BCUT2D eigenvalue weighted by molar-refractivity contribution is 6.30. The molecular weight excluding hydrogens is 394 g/mol. The first-order chi connectivity index (χ1) is 14.0. The molecule has 0 saturated carbocycles. The van der Waals surface area contributed by atoms with Crippen LogP contribution in [0.25, 0.3) is 0 Å². The first-order valence-corrected chi connectivity index (χ1v) is 8.94. The topological polar surface area (TPSA) is 93.8 Å². The monoisotopic (exact) mass is 409 g/mol. The van der Waals surface area contributed by atoms with Gasteiger partial charge in [0, 0.05) is 22.7 Å². The van der Waals surface area contributed by atoms with E-state index in [1.165, 1.54) is 18.3 Å². The first-order valence-electron chi connectivity index (χ1n) is 8.56. The second kappa shape index (κ2) is 9.48. The molecule has 0 aliphatic rings. The second-order valence-corrected chi connectivity index (χ2v) is 6.42. The maximum atomic E-state index is 12.1. The SMILES string of the molecule is O=C(NN=Cc1ccc([N+](=O)[O-])cc1)c1ccc(OCc2ccc(Cl)cc2)cc1.